The fourth-order valence-electron chi connectivity index (χ4n) is 2.71. The molecule has 0 amide bonds. The maximum Gasteiger partial charge on any atom is 0.298 e. The smallest absolute Gasteiger partial charge is 0.298 e. The predicted octanol–water partition coefficient (Wildman–Crippen LogP) is 3.85. The Hall–Kier alpha value is -3.72. The molecule has 0 saturated heterocycles. The molecule has 13 heteroatoms. The van der Waals surface area contributed by atoms with Gasteiger partial charge in [0.2, 0.25) is 5.75 Å². The van der Waals surface area contributed by atoms with Crippen LogP contribution in [0, 0.1) is 11.3 Å². The van der Waals surface area contributed by atoms with Crippen molar-refractivity contribution in [2.24, 2.45) is 0 Å². The Labute approximate surface area is 188 Å². The molecule has 8 nitrogen and oxygen atoms in total. The molecule has 0 bridgehead atoms. The Kier molecular flexibility index (Phi) is 6.29. The molecule has 0 radical (unpaired) electrons. The van der Waals surface area contributed by atoms with Crippen LogP contribution in [0.1, 0.15) is 30.8 Å². The highest BCUT2D eigenvalue weighted by atomic mass is 35.5. The average Bonchev–Trinajstić information content (AvgIpc) is 2.70. The highest BCUT2D eigenvalue weighted by molar-refractivity contribution is 6.30. The first-order valence-electron chi connectivity index (χ1n) is 9.12. The van der Waals surface area contributed by atoms with Gasteiger partial charge in [-0.3, -0.25) is 14.2 Å². The van der Waals surface area contributed by atoms with E-state index in [1.54, 1.807) is 6.07 Å². The van der Waals surface area contributed by atoms with Crippen LogP contribution >= 0.6 is 11.6 Å². The van der Waals surface area contributed by atoms with Crippen LogP contribution in [0.15, 0.2) is 46.2 Å². The number of aromatic nitrogens is 4. The van der Waals surface area contributed by atoms with Crippen LogP contribution < -0.4 is 15.9 Å². The Bertz CT molecular complexity index is 1370. The van der Waals surface area contributed by atoms with Gasteiger partial charge in [-0.2, -0.15) is 27.9 Å². The number of benzene rings is 1. The molecule has 0 N–H and O–H groups in total. The van der Waals surface area contributed by atoms with Gasteiger partial charge in [0.25, 0.3) is 23.0 Å². The van der Waals surface area contributed by atoms with E-state index in [1.807, 2.05) is 0 Å². The summed E-state index contributed by atoms with van der Waals surface area (Å²) in [4.78, 5) is 28.6. The zero-order valence-electron chi connectivity index (χ0n) is 17.0. The van der Waals surface area contributed by atoms with Crippen molar-refractivity contribution in [2.75, 3.05) is 0 Å². The van der Waals surface area contributed by atoms with Crippen LogP contribution in [-0.2, 0) is 18.5 Å². The van der Waals surface area contributed by atoms with E-state index >= 15 is 0 Å². The minimum Gasteiger partial charge on any atom is -0.449 e. The maximum atomic E-state index is 14.1. The van der Waals surface area contributed by atoms with Gasteiger partial charge in [0, 0.05) is 24.9 Å². The number of hydrogen-bond donors (Lipinski definition) is 0. The maximum absolute atomic E-state index is 14.1. The quantitative estimate of drug-likeness (QED) is 0.493. The molecule has 1 aromatic carbocycles. The first kappa shape index (κ1) is 23.9. The number of nitriles is 1. The second kappa shape index (κ2) is 8.67. The van der Waals surface area contributed by atoms with Gasteiger partial charge in [0.1, 0.15) is 18.1 Å². The SMILES string of the molecule is CC(F)(F)c1ccc(=O)n(Cn2cnc(C(C)(F)F)c(Oc3cc(Cl)cc(C#N)c3)c2=O)n1. The molecule has 0 saturated carbocycles. The van der Waals surface area contributed by atoms with Crippen molar-refractivity contribution in [1.29, 1.82) is 5.26 Å². The van der Waals surface area contributed by atoms with E-state index < -0.39 is 46.8 Å². The second-order valence-electron chi connectivity index (χ2n) is 7.06. The predicted molar refractivity (Wildman–Crippen MR) is 108 cm³/mol. The Morgan fingerprint density at radius 3 is 2.42 bits per heavy atom. The van der Waals surface area contributed by atoms with Gasteiger partial charge in [-0.25, -0.2) is 9.67 Å². The van der Waals surface area contributed by atoms with Gasteiger partial charge < -0.3 is 4.74 Å². The lowest BCUT2D eigenvalue weighted by Gasteiger charge is -2.17. The summed E-state index contributed by atoms with van der Waals surface area (Å²) in [7, 11) is 0. The zero-order chi connectivity index (χ0) is 24.6. The van der Waals surface area contributed by atoms with Crippen LogP contribution in [0.3, 0.4) is 0 Å². The molecule has 172 valence electrons. The Morgan fingerprint density at radius 1 is 1.12 bits per heavy atom. The Morgan fingerprint density at radius 2 is 1.82 bits per heavy atom. The van der Waals surface area contributed by atoms with E-state index in [1.165, 1.54) is 18.2 Å². The van der Waals surface area contributed by atoms with E-state index in [4.69, 9.17) is 21.6 Å². The summed E-state index contributed by atoms with van der Waals surface area (Å²) >= 11 is 5.89. The van der Waals surface area contributed by atoms with Crippen molar-refractivity contribution in [3.05, 3.63) is 79.3 Å². The van der Waals surface area contributed by atoms with E-state index in [9.17, 15) is 27.2 Å². The van der Waals surface area contributed by atoms with Crippen LogP contribution in [0.4, 0.5) is 17.6 Å². The molecule has 2 heterocycles. The fraction of sp³-hybridized carbons (Fsp3) is 0.250. The van der Waals surface area contributed by atoms with Crippen LogP contribution in [0.5, 0.6) is 11.5 Å². The number of hydrogen-bond acceptors (Lipinski definition) is 6. The van der Waals surface area contributed by atoms with Crippen molar-refractivity contribution < 1.29 is 22.3 Å². The van der Waals surface area contributed by atoms with E-state index in [0.717, 1.165) is 12.1 Å². The van der Waals surface area contributed by atoms with Crippen molar-refractivity contribution in [3.8, 4) is 17.6 Å². The lowest BCUT2D eigenvalue weighted by molar-refractivity contribution is 0.00907. The molecule has 0 spiro atoms. The van der Waals surface area contributed by atoms with E-state index in [0.29, 0.717) is 29.4 Å². The van der Waals surface area contributed by atoms with E-state index in [-0.39, 0.29) is 16.3 Å². The number of alkyl halides is 4. The molecule has 3 aromatic rings. The monoisotopic (exact) mass is 483 g/mol. The molecule has 33 heavy (non-hydrogen) atoms. The molecule has 2 aromatic heterocycles. The third-order valence-electron chi connectivity index (χ3n) is 4.24. The summed E-state index contributed by atoms with van der Waals surface area (Å²) in [5.74, 6) is -8.07. The zero-order valence-corrected chi connectivity index (χ0v) is 17.8. The van der Waals surface area contributed by atoms with Crippen molar-refractivity contribution in [1.82, 2.24) is 19.3 Å². The van der Waals surface area contributed by atoms with Crippen molar-refractivity contribution in [3.63, 3.8) is 0 Å². The largest absolute Gasteiger partial charge is 0.449 e. The van der Waals surface area contributed by atoms with Gasteiger partial charge in [-0.15, -0.1) is 0 Å². The molecular weight excluding hydrogens is 470 g/mol. The number of nitrogens with zero attached hydrogens (tertiary/aromatic N) is 5. The van der Waals surface area contributed by atoms with Crippen molar-refractivity contribution in [2.45, 2.75) is 32.4 Å². The van der Waals surface area contributed by atoms with Gasteiger partial charge in [0.15, 0.2) is 5.69 Å². The van der Waals surface area contributed by atoms with Crippen LogP contribution in [-0.4, -0.2) is 19.3 Å². The summed E-state index contributed by atoms with van der Waals surface area (Å²) in [5.41, 5.74) is -3.69. The molecule has 0 aliphatic rings. The number of rotatable bonds is 6. The minimum absolute atomic E-state index is 0.0413. The summed E-state index contributed by atoms with van der Waals surface area (Å²) in [5, 5.41) is 12.6. The lowest BCUT2D eigenvalue weighted by Crippen LogP contribution is -2.34. The normalized spacial score (nSPS) is 11.8. The molecule has 0 fully saturated rings. The number of halogens is 5. The van der Waals surface area contributed by atoms with Crippen molar-refractivity contribution >= 4 is 11.6 Å². The molecule has 3 rings (SSSR count). The standard InChI is InChI=1S/C20H14ClF4N5O3/c1-19(22,23)14-3-4-15(31)30(28-14)10-29-9-27-17(20(2,24)25)16(18(29)32)33-13-6-11(8-26)5-12(21)7-13/h3-7,9H,10H2,1-2H3. The first-order chi connectivity index (χ1) is 15.3. The minimum atomic E-state index is -3.61. The second-order valence-corrected chi connectivity index (χ2v) is 7.50. The highest BCUT2D eigenvalue weighted by Gasteiger charge is 2.34. The molecule has 0 aliphatic carbocycles. The van der Waals surface area contributed by atoms with Gasteiger partial charge >= 0.3 is 0 Å². The molecule has 0 aliphatic heterocycles. The molecule has 0 atom stereocenters. The summed E-state index contributed by atoms with van der Waals surface area (Å²) in [6, 6.07) is 7.12. The van der Waals surface area contributed by atoms with Crippen LogP contribution in [0.25, 0.3) is 0 Å². The van der Waals surface area contributed by atoms with Crippen LogP contribution in [0.2, 0.25) is 5.02 Å². The Balaban J connectivity index is 2.12. The molecule has 0 unspecified atom stereocenters. The van der Waals surface area contributed by atoms with Gasteiger partial charge in [-0.05, 0) is 24.3 Å². The topological polar surface area (TPSA) is 103 Å². The highest BCUT2D eigenvalue weighted by Crippen LogP contribution is 2.33. The first-order valence-corrected chi connectivity index (χ1v) is 9.50. The number of ether oxygens (including phenoxy) is 1. The summed E-state index contributed by atoms with van der Waals surface area (Å²) in [6.07, 6.45) is 0.714. The lowest BCUT2D eigenvalue weighted by atomic mass is 10.2. The third-order valence-corrected chi connectivity index (χ3v) is 4.45. The molecular formula is C20H14ClF4N5O3. The fourth-order valence-corrected chi connectivity index (χ4v) is 2.93. The average molecular weight is 484 g/mol. The van der Waals surface area contributed by atoms with Gasteiger partial charge in [0.05, 0.1) is 18.0 Å². The van der Waals surface area contributed by atoms with E-state index in [2.05, 4.69) is 10.1 Å². The summed E-state index contributed by atoms with van der Waals surface area (Å²) < 4.78 is 61.9. The van der Waals surface area contributed by atoms with Gasteiger partial charge in [-0.1, -0.05) is 11.6 Å². The summed E-state index contributed by atoms with van der Waals surface area (Å²) in [6.45, 7) is 0.353. The third kappa shape index (κ3) is 5.38.